The number of quaternary nitrogens is 1. The number of hydrogen-bond donors (Lipinski definition) is 0. The van der Waals surface area contributed by atoms with Crippen LogP contribution in [0.2, 0.25) is 0 Å². The van der Waals surface area contributed by atoms with E-state index in [1.54, 1.807) is 0 Å². The molecule has 0 unspecified atom stereocenters. The molecule has 0 aromatic rings. The van der Waals surface area contributed by atoms with Gasteiger partial charge in [0, 0.05) is 0 Å². The third kappa shape index (κ3) is 44.1. The van der Waals surface area contributed by atoms with Crippen LogP contribution in [0.15, 0.2) is 0 Å². The van der Waals surface area contributed by atoms with Crippen molar-refractivity contribution < 1.29 is 9.57 Å². The molecular formula is C5H13ClN2O3. The van der Waals surface area contributed by atoms with Gasteiger partial charge in [0.15, 0.2) is 0 Å². The molecule has 0 aliphatic heterocycles. The second kappa shape index (κ2) is 6.18. The van der Waals surface area contributed by atoms with Crippen LogP contribution in [0, 0.1) is 15.3 Å². The van der Waals surface area contributed by atoms with Crippen LogP contribution in [-0.4, -0.2) is 43.1 Å². The van der Waals surface area contributed by atoms with E-state index in [0.717, 1.165) is 16.9 Å². The Morgan fingerprint density at radius 1 is 1.36 bits per heavy atom. The number of rotatable bonds is 2. The second-order valence-corrected chi connectivity index (χ2v) is 3.30. The molecule has 0 atom stereocenters. The SMILES string of the molecule is C[N+](C)(C)CCCl.O=[N+]([O-])[O-]. The Morgan fingerprint density at radius 3 is 1.64 bits per heavy atom. The van der Waals surface area contributed by atoms with E-state index in [0.29, 0.717) is 0 Å². The maximum absolute atomic E-state index is 8.25. The van der Waals surface area contributed by atoms with Crippen LogP contribution in [0.3, 0.4) is 0 Å². The quantitative estimate of drug-likeness (QED) is 0.275. The highest BCUT2D eigenvalue weighted by Gasteiger charge is 2.02. The molecule has 0 N–H and O–H groups in total. The zero-order valence-corrected chi connectivity index (χ0v) is 7.67. The summed E-state index contributed by atoms with van der Waals surface area (Å²) in [5.74, 6) is 0.753. The molecule has 0 amide bonds. The maximum Gasteiger partial charge on any atom is 0.0918 e. The van der Waals surface area contributed by atoms with Gasteiger partial charge in [-0.3, -0.25) is 0 Å². The van der Waals surface area contributed by atoms with E-state index in [2.05, 4.69) is 21.1 Å². The standard InChI is InChI=1S/C5H13ClN.NO3/c1-7(2,3)5-4-6;2-1(3)4/h4-5H2,1-3H3;/q+1;-1. The Bertz CT molecular complexity index is 109. The van der Waals surface area contributed by atoms with E-state index in [1.165, 1.54) is 0 Å². The fourth-order valence-electron chi connectivity index (χ4n) is 0.254. The molecule has 0 aliphatic rings. The van der Waals surface area contributed by atoms with E-state index in [4.69, 9.17) is 26.9 Å². The van der Waals surface area contributed by atoms with E-state index in [1.807, 2.05) is 0 Å². The molecule has 68 valence electrons. The van der Waals surface area contributed by atoms with Crippen LogP contribution in [0.1, 0.15) is 0 Å². The molecule has 0 aliphatic carbocycles. The van der Waals surface area contributed by atoms with Gasteiger partial charge in [0.1, 0.15) is 0 Å². The summed E-state index contributed by atoms with van der Waals surface area (Å²) in [4.78, 5) is 8.25. The minimum absolute atomic E-state index is 0.753. The van der Waals surface area contributed by atoms with Crippen LogP contribution in [0.25, 0.3) is 0 Å². The minimum atomic E-state index is -1.75. The Hall–Kier alpha value is -0.550. The first-order valence-corrected chi connectivity index (χ1v) is 3.51. The summed E-state index contributed by atoms with van der Waals surface area (Å²) >= 11 is 5.47. The predicted molar refractivity (Wildman–Crippen MR) is 44.0 cm³/mol. The third-order valence-electron chi connectivity index (χ3n) is 0.755. The lowest BCUT2D eigenvalue weighted by Gasteiger charge is -2.21. The smallest absolute Gasteiger partial charge is 0.0918 e. The molecule has 0 saturated heterocycles. The molecule has 6 heteroatoms. The van der Waals surface area contributed by atoms with Crippen LogP contribution in [-0.2, 0) is 0 Å². The highest BCUT2D eigenvalue weighted by molar-refractivity contribution is 6.17. The Balaban J connectivity index is 0. The van der Waals surface area contributed by atoms with Gasteiger partial charge in [-0.2, -0.15) is 0 Å². The average molecular weight is 185 g/mol. The van der Waals surface area contributed by atoms with Gasteiger partial charge < -0.3 is 19.8 Å². The first-order valence-electron chi connectivity index (χ1n) is 2.97. The van der Waals surface area contributed by atoms with Crippen molar-refractivity contribution in [2.24, 2.45) is 0 Å². The van der Waals surface area contributed by atoms with Crippen molar-refractivity contribution in [2.45, 2.75) is 0 Å². The van der Waals surface area contributed by atoms with Gasteiger partial charge in [-0.25, -0.2) is 0 Å². The first-order chi connectivity index (χ1) is 4.79. The summed E-state index contributed by atoms with van der Waals surface area (Å²) in [5, 5.41) is 14.8. The lowest BCUT2D eigenvalue weighted by Crippen LogP contribution is -2.35. The summed E-state index contributed by atoms with van der Waals surface area (Å²) in [6.07, 6.45) is 0. The number of hydrogen-bond acceptors (Lipinski definition) is 3. The normalized spacial score (nSPS) is 9.82. The molecule has 0 aromatic heterocycles. The van der Waals surface area contributed by atoms with E-state index in [-0.39, 0.29) is 0 Å². The molecule has 0 bridgehead atoms. The Kier molecular flexibility index (Phi) is 7.34. The van der Waals surface area contributed by atoms with Crippen molar-refractivity contribution in [3.8, 4) is 0 Å². The van der Waals surface area contributed by atoms with Gasteiger partial charge in [-0.1, -0.05) is 0 Å². The zero-order chi connectivity index (χ0) is 9.49. The lowest BCUT2D eigenvalue weighted by atomic mass is 10.6. The van der Waals surface area contributed by atoms with Gasteiger partial charge >= 0.3 is 0 Å². The summed E-state index contributed by atoms with van der Waals surface area (Å²) in [6.45, 7) is 1.04. The highest BCUT2D eigenvalue weighted by atomic mass is 35.5. The molecule has 0 aromatic carbocycles. The molecule has 0 saturated carbocycles. The van der Waals surface area contributed by atoms with E-state index >= 15 is 0 Å². The van der Waals surface area contributed by atoms with Gasteiger partial charge in [-0.15, -0.1) is 11.6 Å². The van der Waals surface area contributed by atoms with Crippen LogP contribution < -0.4 is 0 Å². The number of nitrogens with zero attached hydrogens (tertiary/aromatic N) is 2. The van der Waals surface area contributed by atoms with E-state index in [9.17, 15) is 0 Å². The van der Waals surface area contributed by atoms with Crippen molar-refractivity contribution in [1.82, 2.24) is 0 Å². The Morgan fingerprint density at radius 2 is 1.64 bits per heavy atom. The number of alkyl halides is 1. The fourth-order valence-corrected chi connectivity index (χ4v) is 0.761. The average Bonchev–Trinajstić information content (AvgIpc) is 1.58. The second-order valence-electron chi connectivity index (χ2n) is 2.93. The summed E-state index contributed by atoms with van der Waals surface area (Å²) < 4.78 is 0.962. The Labute approximate surface area is 70.9 Å². The molecule has 0 spiro atoms. The molecule has 5 nitrogen and oxygen atoms in total. The monoisotopic (exact) mass is 184 g/mol. The largest absolute Gasteiger partial charge is 0.356 e. The molecule has 0 radical (unpaired) electrons. The third-order valence-corrected chi connectivity index (χ3v) is 0.924. The van der Waals surface area contributed by atoms with Crippen LogP contribution in [0.5, 0.6) is 0 Å². The predicted octanol–water partition coefficient (Wildman–Crippen LogP) is 0.692. The molecule has 0 heterocycles. The maximum atomic E-state index is 8.25. The topological polar surface area (TPSA) is 66.2 Å². The van der Waals surface area contributed by atoms with Gasteiger partial charge in [0.05, 0.1) is 38.7 Å². The molecular weight excluding hydrogens is 172 g/mol. The van der Waals surface area contributed by atoms with Crippen LogP contribution >= 0.6 is 11.6 Å². The van der Waals surface area contributed by atoms with Crippen molar-refractivity contribution in [1.29, 1.82) is 0 Å². The van der Waals surface area contributed by atoms with Crippen molar-refractivity contribution in [2.75, 3.05) is 33.6 Å². The van der Waals surface area contributed by atoms with Gasteiger partial charge in [0.2, 0.25) is 0 Å². The fraction of sp³-hybridized carbons (Fsp3) is 1.00. The van der Waals surface area contributed by atoms with Crippen molar-refractivity contribution in [3.05, 3.63) is 15.3 Å². The molecule has 0 fully saturated rings. The lowest BCUT2D eigenvalue weighted by molar-refractivity contribution is -0.867. The van der Waals surface area contributed by atoms with Gasteiger partial charge in [0.25, 0.3) is 0 Å². The summed E-state index contributed by atoms with van der Waals surface area (Å²) in [5.41, 5.74) is 0. The van der Waals surface area contributed by atoms with E-state index < -0.39 is 5.09 Å². The first kappa shape index (κ1) is 13.1. The highest BCUT2D eigenvalue weighted by Crippen LogP contribution is 1.88. The summed E-state index contributed by atoms with van der Waals surface area (Å²) in [7, 11) is 6.38. The zero-order valence-electron chi connectivity index (χ0n) is 6.91. The minimum Gasteiger partial charge on any atom is -0.356 e. The van der Waals surface area contributed by atoms with Gasteiger partial charge in [-0.05, 0) is 0 Å². The molecule has 0 rings (SSSR count). The molecule has 11 heavy (non-hydrogen) atoms. The van der Waals surface area contributed by atoms with Crippen LogP contribution in [0.4, 0.5) is 0 Å². The number of halogens is 1. The van der Waals surface area contributed by atoms with Crippen molar-refractivity contribution in [3.63, 3.8) is 0 Å². The van der Waals surface area contributed by atoms with Crippen molar-refractivity contribution >= 4 is 11.6 Å². The summed E-state index contributed by atoms with van der Waals surface area (Å²) in [6, 6.07) is 0.